The average molecular weight is 470 g/mol. The van der Waals surface area contributed by atoms with Crippen LogP contribution < -0.4 is 4.74 Å². The molecule has 0 saturated carbocycles. The number of thiocarbonyl (C=S) groups is 1. The van der Waals surface area contributed by atoms with E-state index in [0.717, 1.165) is 36.1 Å². The van der Waals surface area contributed by atoms with Crippen molar-refractivity contribution in [1.29, 1.82) is 0 Å². The van der Waals surface area contributed by atoms with Crippen molar-refractivity contribution in [2.75, 3.05) is 13.7 Å². The van der Waals surface area contributed by atoms with E-state index < -0.39 is 0 Å². The van der Waals surface area contributed by atoms with Crippen LogP contribution in [0.5, 0.6) is 5.75 Å². The number of carbonyl (C=O) groups excluding carboxylic acids is 2. The molecule has 7 heteroatoms. The molecule has 5 nitrogen and oxygen atoms in total. The lowest BCUT2D eigenvalue weighted by atomic mass is 10.1. The molecule has 1 aliphatic rings. The highest BCUT2D eigenvalue weighted by atomic mass is 32.2. The monoisotopic (exact) mass is 469 g/mol. The summed E-state index contributed by atoms with van der Waals surface area (Å²) >= 11 is 6.73. The minimum atomic E-state index is -0.205. The Morgan fingerprint density at radius 3 is 2.66 bits per heavy atom. The van der Waals surface area contributed by atoms with Crippen LogP contribution >= 0.6 is 24.0 Å². The molecule has 0 spiro atoms. The number of amides is 1. The molecule has 0 atom stereocenters. The van der Waals surface area contributed by atoms with Crippen molar-refractivity contribution in [1.82, 2.24) is 4.90 Å². The third kappa shape index (κ3) is 6.93. The van der Waals surface area contributed by atoms with Gasteiger partial charge < -0.3 is 9.47 Å². The normalized spacial score (nSPS) is 14.8. The van der Waals surface area contributed by atoms with E-state index in [1.54, 1.807) is 4.90 Å². The maximum absolute atomic E-state index is 12.8. The van der Waals surface area contributed by atoms with Gasteiger partial charge in [0.1, 0.15) is 16.7 Å². The van der Waals surface area contributed by atoms with Gasteiger partial charge in [0.25, 0.3) is 5.91 Å². The van der Waals surface area contributed by atoms with Gasteiger partial charge in [-0.15, -0.1) is 0 Å². The molecule has 1 heterocycles. The third-order valence-electron chi connectivity index (χ3n) is 5.05. The zero-order chi connectivity index (χ0) is 22.9. The Labute approximate surface area is 198 Å². The molecule has 168 valence electrons. The van der Waals surface area contributed by atoms with Crippen molar-refractivity contribution in [3.63, 3.8) is 0 Å². The van der Waals surface area contributed by atoms with Crippen LogP contribution in [-0.2, 0) is 20.9 Å². The highest BCUT2D eigenvalue weighted by Crippen LogP contribution is 2.33. The SMILES string of the molecule is COC(=O)CCCCCN1C(=O)/C(=C\c2cccc(OCc3ccc(C)cc3)c2)SC1=S. The lowest BCUT2D eigenvalue weighted by molar-refractivity contribution is -0.140. The Bertz CT molecular complexity index is 1000. The number of aryl methyl sites for hydroxylation is 1. The summed E-state index contributed by atoms with van der Waals surface area (Å²) in [5.41, 5.74) is 3.22. The van der Waals surface area contributed by atoms with E-state index in [1.165, 1.54) is 24.4 Å². The Hall–Kier alpha value is -2.64. The number of esters is 1. The molecule has 0 N–H and O–H groups in total. The summed E-state index contributed by atoms with van der Waals surface area (Å²) in [4.78, 5) is 26.2. The molecule has 3 rings (SSSR count). The number of thioether (sulfide) groups is 1. The molecule has 0 unspecified atom stereocenters. The number of benzene rings is 2. The van der Waals surface area contributed by atoms with Gasteiger partial charge >= 0.3 is 5.97 Å². The number of hydrogen-bond donors (Lipinski definition) is 0. The Morgan fingerprint density at radius 2 is 1.91 bits per heavy atom. The fraction of sp³-hybridized carbons (Fsp3) is 0.320. The van der Waals surface area contributed by atoms with Gasteiger partial charge in [0, 0.05) is 13.0 Å². The van der Waals surface area contributed by atoms with E-state index in [1.807, 2.05) is 30.3 Å². The van der Waals surface area contributed by atoms with Gasteiger partial charge in [-0.25, -0.2) is 0 Å². The smallest absolute Gasteiger partial charge is 0.305 e. The van der Waals surface area contributed by atoms with Gasteiger partial charge in [-0.3, -0.25) is 14.5 Å². The minimum Gasteiger partial charge on any atom is -0.489 e. The van der Waals surface area contributed by atoms with Gasteiger partial charge in [-0.05, 0) is 49.1 Å². The number of nitrogens with zero attached hydrogens (tertiary/aromatic N) is 1. The first kappa shape index (κ1) is 24.0. The second kappa shape index (κ2) is 11.8. The van der Waals surface area contributed by atoms with Crippen molar-refractivity contribution in [3.05, 3.63) is 70.1 Å². The van der Waals surface area contributed by atoms with E-state index in [4.69, 9.17) is 17.0 Å². The molecule has 0 aliphatic carbocycles. The van der Waals surface area contributed by atoms with Crippen LogP contribution in [0.3, 0.4) is 0 Å². The van der Waals surface area contributed by atoms with E-state index in [2.05, 4.69) is 35.9 Å². The van der Waals surface area contributed by atoms with Crippen LogP contribution in [0.25, 0.3) is 6.08 Å². The van der Waals surface area contributed by atoms with Crippen molar-refractivity contribution in [2.24, 2.45) is 0 Å². The first-order valence-corrected chi connectivity index (χ1v) is 11.8. The first-order valence-electron chi connectivity index (χ1n) is 10.6. The van der Waals surface area contributed by atoms with E-state index in [0.29, 0.717) is 28.8 Å². The van der Waals surface area contributed by atoms with Gasteiger partial charge in [0.15, 0.2) is 0 Å². The molecule has 0 bridgehead atoms. The molecule has 0 radical (unpaired) electrons. The largest absolute Gasteiger partial charge is 0.489 e. The van der Waals surface area contributed by atoms with Crippen LogP contribution in [0.15, 0.2) is 53.4 Å². The molecule has 1 saturated heterocycles. The van der Waals surface area contributed by atoms with E-state index in [9.17, 15) is 9.59 Å². The molecule has 1 fully saturated rings. The summed E-state index contributed by atoms with van der Waals surface area (Å²) in [7, 11) is 1.39. The summed E-state index contributed by atoms with van der Waals surface area (Å²) in [5.74, 6) is 0.475. The lowest BCUT2D eigenvalue weighted by Crippen LogP contribution is -2.29. The topological polar surface area (TPSA) is 55.8 Å². The molecular weight excluding hydrogens is 442 g/mol. The van der Waals surface area contributed by atoms with Crippen LogP contribution in [-0.4, -0.2) is 34.8 Å². The first-order chi connectivity index (χ1) is 15.5. The summed E-state index contributed by atoms with van der Waals surface area (Å²) in [6.45, 7) is 3.10. The van der Waals surface area contributed by atoms with Crippen LogP contribution in [0.2, 0.25) is 0 Å². The second-order valence-corrected chi connectivity index (χ2v) is 9.24. The highest BCUT2D eigenvalue weighted by Gasteiger charge is 2.31. The standard InChI is InChI=1S/C25H27NO4S2/c1-18-10-12-19(13-11-18)17-30-21-8-6-7-20(15-21)16-22-24(28)26(25(31)32-22)14-5-3-4-9-23(27)29-2/h6-8,10-13,15-16H,3-5,9,14,17H2,1-2H3/b22-16+. The van der Waals surface area contributed by atoms with Gasteiger partial charge in [-0.2, -0.15) is 0 Å². The minimum absolute atomic E-state index is 0.0704. The molecule has 2 aromatic rings. The number of hydrogen-bond acceptors (Lipinski definition) is 6. The van der Waals surface area contributed by atoms with E-state index in [-0.39, 0.29) is 11.9 Å². The molecule has 2 aromatic carbocycles. The molecule has 32 heavy (non-hydrogen) atoms. The second-order valence-electron chi connectivity index (χ2n) is 7.57. The lowest BCUT2D eigenvalue weighted by Gasteiger charge is -2.13. The molecule has 0 aromatic heterocycles. The maximum atomic E-state index is 12.8. The predicted molar refractivity (Wildman–Crippen MR) is 132 cm³/mol. The number of unbranched alkanes of at least 4 members (excludes halogenated alkanes) is 2. The van der Waals surface area contributed by atoms with Crippen LogP contribution in [0, 0.1) is 6.92 Å². The summed E-state index contributed by atoms with van der Waals surface area (Å²) in [6, 6.07) is 15.9. The fourth-order valence-corrected chi connectivity index (χ4v) is 4.52. The maximum Gasteiger partial charge on any atom is 0.305 e. The Balaban J connectivity index is 1.55. The van der Waals surface area contributed by atoms with Crippen molar-refractivity contribution < 1.29 is 19.1 Å². The third-order valence-corrected chi connectivity index (χ3v) is 6.42. The zero-order valence-corrected chi connectivity index (χ0v) is 20.0. The van der Waals surface area contributed by atoms with Gasteiger partial charge in [0.05, 0.1) is 12.0 Å². The summed E-state index contributed by atoms with van der Waals surface area (Å²) < 4.78 is 11.1. The number of rotatable bonds is 10. The molecular formula is C25H27NO4S2. The quantitative estimate of drug-likeness (QED) is 0.198. The number of ether oxygens (including phenoxy) is 2. The summed E-state index contributed by atoms with van der Waals surface area (Å²) in [5, 5.41) is 0. The Morgan fingerprint density at radius 1 is 1.12 bits per heavy atom. The van der Waals surface area contributed by atoms with Gasteiger partial charge in [-0.1, -0.05) is 72.4 Å². The average Bonchev–Trinajstić information content (AvgIpc) is 3.05. The zero-order valence-electron chi connectivity index (χ0n) is 18.3. The molecule has 1 aliphatic heterocycles. The predicted octanol–water partition coefficient (Wildman–Crippen LogP) is 5.51. The fourth-order valence-electron chi connectivity index (χ4n) is 3.21. The van der Waals surface area contributed by atoms with Gasteiger partial charge in [0.2, 0.25) is 0 Å². The van der Waals surface area contributed by atoms with Crippen molar-refractivity contribution in [2.45, 2.75) is 39.2 Å². The number of carbonyl (C=O) groups is 2. The summed E-state index contributed by atoms with van der Waals surface area (Å²) in [6.07, 6.45) is 4.63. The van der Waals surface area contributed by atoms with Crippen LogP contribution in [0.4, 0.5) is 0 Å². The van der Waals surface area contributed by atoms with Crippen molar-refractivity contribution >= 4 is 46.3 Å². The van der Waals surface area contributed by atoms with E-state index >= 15 is 0 Å². The highest BCUT2D eigenvalue weighted by molar-refractivity contribution is 8.26. The number of methoxy groups -OCH3 is 1. The van der Waals surface area contributed by atoms with Crippen LogP contribution in [0.1, 0.15) is 42.4 Å². The molecule has 1 amide bonds. The van der Waals surface area contributed by atoms with Crippen molar-refractivity contribution in [3.8, 4) is 5.75 Å². The Kier molecular flexibility index (Phi) is 8.88.